The van der Waals surface area contributed by atoms with Gasteiger partial charge in [0.25, 0.3) is 0 Å². The van der Waals surface area contributed by atoms with E-state index in [0.717, 1.165) is 39.2 Å². The normalized spacial score (nSPS) is 10.6. The predicted molar refractivity (Wildman–Crippen MR) is 86.4 cm³/mol. The molecule has 0 radical (unpaired) electrons. The third kappa shape index (κ3) is 2.18. The van der Waals surface area contributed by atoms with Crippen LogP contribution in [0.1, 0.15) is 0 Å². The lowest BCUT2D eigenvalue weighted by molar-refractivity contribution is 0.397. The Morgan fingerprint density at radius 1 is 1.00 bits per heavy atom. The minimum atomic E-state index is 0.792. The SMILES string of the molecule is CNc1cc2[nH]ccc2cc1-c1c(OC)cccc1OC. The molecule has 1 aromatic heterocycles. The zero-order valence-electron chi connectivity index (χ0n) is 12.4. The van der Waals surface area contributed by atoms with Crippen molar-refractivity contribution in [3.63, 3.8) is 0 Å². The quantitative estimate of drug-likeness (QED) is 0.763. The average molecular weight is 282 g/mol. The van der Waals surface area contributed by atoms with Crippen LogP contribution in [-0.2, 0) is 0 Å². The number of anilines is 1. The Kier molecular flexibility index (Phi) is 3.44. The summed E-state index contributed by atoms with van der Waals surface area (Å²) in [6, 6.07) is 12.1. The first kappa shape index (κ1) is 13.4. The molecule has 0 aliphatic carbocycles. The van der Waals surface area contributed by atoms with Crippen LogP contribution in [0.4, 0.5) is 5.69 Å². The number of benzene rings is 2. The Morgan fingerprint density at radius 2 is 1.71 bits per heavy atom. The van der Waals surface area contributed by atoms with Crippen LogP contribution in [0, 0.1) is 0 Å². The lowest BCUT2D eigenvalue weighted by Crippen LogP contribution is -1.97. The molecule has 4 nitrogen and oxygen atoms in total. The highest BCUT2D eigenvalue weighted by Crippen LogP contribution is 2.43. The summed E-state index contributed by atoms with van der Waals surface area (Å²) in [6.07, 6.45) is 1.94. The van der Waals surface area contributed by atoms with E-state index >= 15 is 0 Å². The van der Waals surface area contributed by atoms with Gasteiger partial charge in [-0.3, -0.25) is 0 Å². The van der Waals surface area contributed by atoms with Gasteiger partial charge in [0.2, 0.25) is 0 Å². The smallest absolute Gasteiger partial charge is 0.130 e. The molecule has 2 N–H and O–H groups in total. The fourth-order valence-electron chi connectivity index (χ4n) is 2.63. The largest absolute Gasteiger partial charge is 0.496 e. The van der Waals surface area contributed by atoms with Gasteiger partial charge in [0.15, 0.2) is 0 Å². The minimum absolute atomic E-state index is 0.792. The Morgan fingerprint density at radius 3 is 2.33 bits per heavy atom. The van der Waals surface area contributed by atoms with E-state index in [4.69, 9.17) is 9.47 Å². The number of nitrogens with one attached hydrogen (secondary N) is 2. The van der Waals surface area contributed by atoms with Crippen LogP contribution >= 0.6 is 0 Å². The van der Waals surface area contributed by atoms with E-state index in [1.54, 1.807) is 14.2 Å². The summed E-state index contributed by atoms with van der Waals surface area (Å²) in [5, 5.41) is 4.40. The first-order chi connectivity index (χ1) is 10.3. The fraction of sp³-hybridized carbons (Fsp3) is 0.176. The number of aromatic amines is 1. The van der Waals surface area contributed by atoms with E-state index in [1.165, 1.54) is 0 Å². The van der Waals surface area contributed by atoms with Gasteiger partial charge >= 0.3 is 0 Å². The summed E-state index contributed by atoms with van der Waals surface area (Å²) < 4.78 is 11.0. The fourth-order valence-corrected chi connectivity index (χ4v) is 2.63. The van der Waals surface area contributed by atoms with Gasteiger partial charge < -0.3 is 19.8 Å². The van der Waals surface area contributed by atoms with Gasteiger partial charge in [0, 0.05) is 35.4 Å². The molecule has 0 aliphatic heterocycles. The van der Waals surface area contributed by atoms with E-state index in [2.05, 4.69) is 28.5 Å². The predicted octanol–water partition coefficient (Wildman–Crippen LogP) is 3.89. The number of methoxy groups -OCH3 is 2. The van der Waals surface area contributed by atoms with Gasteiger partial charge in [-0.05, 0) is 30.3 Å². The van der Waals surface area contributed by atoms with Crippen molar-refractivity contribution in [1.82, 2.24) is 4.98 Å². The molecule has 21 heavy (non-hydrogen) atoms. The molecular weight excluding hydrogens is 264 g/mol. The number of hydrogen-bond donors (Lipinski definition) is 2. The molecule has 0 spiro atoms. The molecule has 0 aliphatic rings. The summed E-state index contributed by atoms with van der Waals surface area (Å²) in [7, 11) is 5.26. The second-order valence-corrected chi connectivity index (χ2v) is 4.75. The molecule has 3 aromatic rings. The van der Waals surface area contributed by atoms with Gasteiger partial charge in [-0.25, -0.2) is 0 Å². The number of fused-ring (bicyclic) bond motifs is 1. The molecule has 0 atom stereocenters. The number of H-pyrrole nitrogens is 1. The standard InChI is InChI=1S/C17H18N2O2/c1-18-14-10-13-11(7-8-19-13)9-12(14)17-15(20-2)5-4-6-16(17)21-3/h4-10,18-19H,1-3H3. The van der Waals surface area contributed by atoms with E-state index in [1.807, 2.05) is 31.4 Å². The second-order valence-electron chi connectivity index (χ2n) is 4.75. The highest BCUT2D eigenvalue weighted by molar-refractivity contribution is 5.95. The molecule has 108 valence electrons. The van der Waals surface area contributed by atoms with Crippen molar-refractivity contribution in [3.05, 3.63) is 42.6 Å². The third-order valence-corrected chi connectivity index (χ3v) is 3.66. The van der Waals surface area contributed by atoms with Crippen LogP contribution in [0.2, 0.25) is 0 Å². The van der Waals surface area contributed by atoms with Crippen molar-refractivity contribution in [2.24, 2.45) is 0 Å². The van der Waals surface area contributed by atoms with Gasteiger partial charge in [0.05, 0.1) is 19.8 Å². The van der Waals surface area contributed by atoms with Crippen LogP contribution in [0.5, 0.6) is 11.5 Å². The van der Waals surface area contributed by atoms with Crippen LogP contribution in [0.15, 0.2) is 42.6 Å². The molecule has 0 bridgehead atoms. The topological polar surface area (TPSA) is 46.3 Å². The Hall–Kier alpha value is -2.62. The molecule has 0 amide bonds. The van der Waals surface area contributed by atoms with Crippen molar-refractivity contribution in [2.75, 3.05) is 26.6 Å². The van der Waals surface area contributed by atoms with Crippen molar-refractivity contribution in [1.29, 1.82) is 0 Å². The molecule has 0 fully saturated rings. The first-order valence-electron chi connectivity index (χ1n) is 6.78. The summed E-state index contributed by atoms with van der Waals surface area (Å²) in [5.74, 6) is 1.58. The van der Waals surface area contributed by atoms with Gasteiger partial charge in [-0.1, -0.05) is 6.07 Å². The van der Waals surface area contributed by atoms with Gasteiger partial charge in [0.1, 0.15) is 11.5 Å². The number of aromatic nitrogens is 1. The summed E-state index contributed by atoms with van der Waals surface area (Å²) in [6.45, 7) is 0. The molecule has 0 saturated carbocycles. The molecule has 0 unspecified atom stereocenters. The third-order valence-electron chi connectivity index (χ3n) is 3.66. The average Bonchev–Trinajstić information content (AvgIpc) is 2.99. The monoisotopic (exact) mass is 282 g/mol. The maximum absolute atomic E-state index is 5.52. The second kappa shape index (κ2) is 5.40. The number of rotatable bonds is 4. The molecule has 0 saturated heterocycles. The lowest BCUT2D eigenvalue weighted by atomic mass is 9.99. The van der Waals surface area contributed by atoms with Crippen molar-refractivity contribution in [2.45, 2.75) is 0 Å². The van der Waals surface area contributed by atoms with Crippen molar-refractivity contribution >= 4 is 16.6 Å². The molecule has 3 rings (SSSR count). The van der Waals surface area contributed by atoms with E-state index in [0.29, 0.717) is 0 Å². The van der Waals surface area contributed by atoms with E-state index < -0.39 is 0 Å². The summed E-state index contributed by atoms with van der Waals surface area (Å²) >= 11 is 0. The van der Waals surface area contributed by atoms with Crippen molar-refractivity contribution < 1.29 is 9.47 Å². The van der Waals surface area contributed by atoms with Crippen LogP contribution in [0.3, 0.4) is 0 Å². The van der Waals surface area contributed by atoms with Crippen molar-refractivity contribution in [3.8, 4) is 22.6 Å². The minimum Gasteiger partial charge on any atom is -0.496 e. The van der Waals surface area contributed by atoms with Gasteiger partial charge in [-0.15, -0.1) is 0 Å². The molecular formula is C17H18N2O2. The maximum atomic E-state index is 5.52. The molecule has 4 heteroatoms. The highest BCUT2D eigenvalue weighted by atomic mass is 16.5. The Balaban J connectivity index is 2.33. The molecule has 2 aromatic carbocycles. The number of hydrogen-bond acceptors (Lipinski definition) is 3. The van der Waals surface area contributed by atoms with E-state index in [-0.39, 0.29) is 0 Å². The number of ether oxygens (including phenoxy) is 2. The van der Waals surface area contributed by atoms with E-state index in [9.17, 15) is 0 Å². The van der Waals surface area contributed by atoms with Gasteiger partial charge in [-0.2, -0.15) is 0 Å². The van der Waals surface area contributed by atoms with Crippen LogP contribution in [0.25, 0.3) is 22.0 Å². The van der Waals surface area contributed by atoms with Crippen LogP contribution in [-0.4, -0.2) is 26.3 Å². The first-order valence-corrected chi connectivity index (χ1v) is 6.78. The Bertz CT molecular complexity index is 755. The highest BCUT2D eigenvalue weighted by Gasteiger charge is 2.16. The maximum Gasteiger partial charge on any atom is 0.130 e. The molecule has 1 heterocycles. The summed E-state index contributed by atoms with van der Waals surface area (Å²) in [4.78, 5) is 3.23. The Labute approximate surface area is 123 Å². The zero-order valence-corrected chi connectivity index (χ0v) is 12.4. The van der Waals surface area contributed by atoms with Crippen LogP contribution < -0.4 is 14.8 Å². The summed E-state index contributed by atoms with van der Waals surface area (Å²) in [5.41, 5.74) is 4.12. The lowest BCUT2D eigenvalue weighted by Gasteiger charge is -2.16. The zero-order chi connectivity index (χ0) is 14.8.